The number of nitrogens with one attached hydrogen (secondary N) is 1. The van der Waals surface area contributed by atoms with Gasteiger partial charge in [-0.15, -0.1) is 11.3 Å². The Labute approximate surface area is 97.1 Å². The molecule has 3 nitrogen and oxygen atoms in total. The topological polar surface area (TPSA) is 50.9 Å². The molecule has 1 unspecified atom stereocenters. The van der Waals surface area contributed by atoms with Gasteiger partial charge in [0.2, 0.25) is 0 Å². The molecule has 88 valence electrons. The lowest BCUT2D eigenvalue weighted by molar-refractivity contribution is 0.601. The maximum atomic E-state index is 5.56. The first kappa shape index (κ1) is 14.4. The Morgan fingerprint density at radius 2 is 2.20 bits per heavy atom. The van der Waals surface area contributed by atoms with Gasteiger partial charge in [-0.25, -0.2) is 4.98 Å². The Morgan fingerprint density at radius 1 is 1.53 bits per heavy atom. The lowest BCUT2D eigenvalue weighted by atomic mass is 10.1. The summed E-state index contributed by atoms with van der Waals surface area (Å²) in [6, 6.07) is 0. The summed E-state index contributed by atoms with van der Waals surface area (Å²) in [4.78, 5) is 4.26. The van der Waals surface area contributed by atoms with Crippen molar-refractivity contribution in [2.45, 2.75) is 40.0 Å². The molecule has 0 aromatic carbocycles. The number of hydrogen-bond acceptors (Lipinski definition) is 4. The molecule has 0 fully saturated rings. The lowest BCUT2D eigenvalue weighted by Gasteiger charge is -2.07. The number of hydrogen-bond donors (Lipinski definition) is 2. The van der Waals surface area contributed by atoms with Crippen molar-refractivity contribution in [1.82, 2.24) is 10.3 Å². The SMILES string of the molecule is CC.CCNCCC(C)c1csc(N)n1. The van der Waals surface area contributed by atoms with Crippen molar-refractivity contribution >= 4 is 16.5 Å². The predicted octanol–water partition coefficient (Wildman–Crippen LogP) is 2.85. The number of nitrogen functional groups attached to an aromatic ring is 1. The molecule has 0 aliphatic carbocycles. The molecule has 1 aromatic rings. The first-order chi connectivity index (χ1) is 7.24. The van der Waals surface area contributed by atoms with Crippen LogP contribution in [-0.4, -0.2) is 18.1 Å². The molecule has 1 atom stereocenters. The van der Waals surface area contributed by atoms with Gasteiger partial charge in [0.25, 0.3) is 0 Å². The third-order valence-electron chi connectivity index (χ3n) is 2.05. The molecular weight excluding hydrogens is 206 g/mol. The highest BCUT2D eigenvalue weighted by Gasteiger charge is 2.07. The van der Waals surface area contributed by atoms with Gasteiger partial charge in [0.1, 0.15) is 0 Å². The van der Waals surface area contributed by atoms with Crippen LogP contribution in [-0.2, 0) is 0 Å². The van der Waals surface area contributed by atoms with E-state index in [1.165, 1.54) is 11.3 Å². The Morgan fingerprint density at radius 3 is 2.67 bits per heavy atom. The quantitative estimate of drug-likeness (QED) is 0.763. The zero-order valence-corrected chi connectivity index (χ0v) is 11.0. The van der Waals surface area contributed by atoms with Crippen LogP contribution in [0, 0.1) is 0 Å². The van der Waals surface area contributed by atoms with E-state index < -0.39 is 0 Å². The van der Waals surface area contributed by atoms with Crippen LogP contribution in [0.3, 0.4) is 0 Å². The van der Waals surface area contributed by atoms with Crippen LogP contribution in [0.15, 0.2) is 5.38 Å². The van der Waals surface area contributed by atoms with Gasteiger partial charge in [-0.2, -0.15) is 0 Å². The van der Waals surface area contributed by atoms with E-state index in [9.17, 15) is 0 Å². The van der Waals surface area contributed by atoms with Crippen molar-refractivity contribution < 1.29 is 0 Å². The summed E-state index contributed by atoms with van der Waals surface area (Å²) in [5.74, 6) is 0.507. The third kappa shape index (κ3) is 5.74. The van der Waals surface area contributed by atoms with E-state index in [-0.39, 0.29) is 0 Å². The summed E-state index contributed by atoms with van der Waals surface area (Å²) in [6.07, 6.45) is 1.12. The molecule has 0 aliphatic rings. The number of aromatic nitrogens is 1. The summed E-state index contributed by atoms with van der Waals surface area (Å²) in [7, 11) is 0. The first-order valence-electron chi connectivity index (χ1n) is 5.65. The molecule has 3 N–H and O–H groups in total. The van der Waals surface area contributed by atoms with E-state index in [2.05, 4.69) is 24.1 Å². The molecular formula is C11H23N3S. The molecule has 4 heteroatoms. The molecule has 0 saturated carbocycles. The van der Waals surface area contributed by atoms with Crippen molar-refractivity contribution in [1.29, 1.82) is 0 Å². The van der Waals surface area contributed by atoms with Crippen LogP contribution in [0.25, 0.3) is 0 Å². The molecule has 0 saturated heterocycles. The highest BCUT2D eigenvalue weighted by Crippen LogP contribution is 2.21. The van der Waals surface area contributed by atoms with Crippen LogP contribution in [0.1, 0.15) is 45.7 Å². The van der Waals surface area contributed by atoms with Crippen LogP contribution >= 0.6 is 11.3 Å². The number of nitrogens with zero attached hydrogens (tertiary/aromatic N) is 1. The lowest BCUT2D eigenvalue weighted by Crippen LogP contribution is -2.16. The summed E-state index contributed by atoms with van der Waals surface area (Å²) < 4.78 is 0. The fourth-order valence-electron chi connectivity index (χ4n) is 1.17. The van der Waals surface area contributed by atoms with Gasteiger partial charge in [0, 0.05) is 11.3 Å². The Kier molecular flexibility index (Phi) is 8.33. The average molecular weight is 229 g/mol. The number of thiazole rings is 1. The van der Waals surface area contributed by atoms with E-state index in [1.807, 2.05) is 19.2 Å². The van der Waals surface area contributed by atoms with Crippen molar-refractivity contribution in [2.75, 3.05) is 18.8 Å². The number of anilines is 1. The zero-order chi connectivity index (χ0) is 11.7. The molecule has 0 spiro atoms. The van der Waals surface area contributed by atoms with Gasteiger partial charge in [0.15, 0.2) is 5.13 Å². The van der Waals surface area contributed by atoms with Crippen LogP contribution < -0.4 is 11.1 Å². The van der Waals surface area contributed by atoms with Gasteiger partial charge < -0.3 is 11.1 Å². The second-order valence-corrected chi connectivity index (χ2v) is 4.04. The monoisotopic (exact) mass is 229 g/mol. The van der Waals surface area contributed by atoms with Crippen molar-refractivity contribution in [3.8, 4) is 0 Å². The second kappa shape index (κ2) is 8.68. The molecule has 1 rings (SSSR count). The van der Waals surface area contributed by atoms with Gasteiger partial charge >= 0.3 is 0 Å². The van der Waals surface area contributed by atoms with E-state index in [0.717, 1.165) is 25.2 Å². The highest BCUT2D eigenvalue weighted by atomic mass is 32.1. The molecule has 15 heavy (non-hydrogen) atoms. The first-order valence-corrected chi connectivity index (χ1v) is 6.53. The Hall–Kier alpha value is -0.610. The predicted molar refractivity (Wildman–Crippen MR) is 69.5 cm³/mol. The minimum Gasteiger partial charge on any atom is -0.375 e. The van der Waals surface area contributed by atoms with E-state index in [1.54, 1.807) is 0 Å². The molecule has 1 aromatic heterocycles. The minimum atomic E-state index is 0.507. The summed E-state index contributed by atoms with van der Waals surface area (Å²) in [5, 5.41) is 6.02. The van der Waals surface area contributed by atoms with Gasteiger partial charge in [-0.05, 0) is 19.5 Å². The smallest absolute Gasteiger partial charge is 0.180 e. The van der Waals surface area contributed by atoms with E-state index in [0.29, 0.717) is 11.0 Å². The Bertz CT molecular complexity index is 248. The average Bonchev–Trinajstić information content (AvgIpc) is 2.68. The summed E-state index contributed by atoms with van der Waals surface area (Å²) in [5.41, 5.74) is 6.69. The second-order valence-electron chi connectivity index (χ2n) is 3.15. The molecule has 0 aliphatic heterocycles. The van der Waals surface area contributed by atoms with E-state index >= 15 is 0 Å². The number of rotatable bonds is 5. The summed E-state index contributed by atoms with van der Waals surface area (Å²) in [6.45, 7) is 10.4. The fourth-order valence-corrected chi connectivity index (χ4v) is 1.85. The standard InChI is InChI=1S/C9H17N3S.C2H6/c1-3-11-5-4-7(2)8-6-13-9(10)12-8;1-2/h6-7,11H,3-5H2,1-2H3,(H2,10,12);1-2H3. The molecule has 0 bridgehead atoms. The van der Waals surface area contributed by atoms with Crippen LogP contribution in [0.2, 0.25) is 0 Å². The van der Waals surface area contributed by atoms with Crippen molar-refractivity contribution in [2.24, 2.45) is 0 Å². The maximum absolute atomic E-state index is 5.56. The van der Waals surface area contributed by atoms with Crippen molar-refractivity contribution in [3.05, 3.63) is 11.1 Å². The molecule has 1 heterocycles. The van der Waals surface area contributed by atoms with E-state index in [4.69, 9.17) is 5.73 Å². The van der Waals surface area contributed by atoms with Gasteiger partial charge in [-0.3, -0.25) is 0 Å². The van der Waals surface area contributed by atoms with Gasteiger partial charge in [0.05, 0.1) is 5.69 Å². The zero-order valence-electron chi connectivity index (χ0n) is 10.2. The minimum absolute atomic E-state index is 0.507. The fraction of sp³-hybridized carbons (Fsp3) is 0.727. The maximum Gasteiger partial charge on any atom is 0.180 e. The largest absolute Gasteiger partial charge is 0.375 e. The Balaban J connectivity index is 0.000000921. The van der Waals surface area contributed by atoms with Crippen LogP contribution in [0.4, 0.5) is 5.13 Å². The molecule has 0 amide bonds. The summed E-state index contributed by atoms with van der Waals surface area (Å²) >= 11 is 1.52. The normalized spacial score (nSPS) is 11.7. The number of nitrogens with two attached hydrogens (primary N) is 1. The third-order valence-corrected chi connectivity index (χ3v) is 2.74. The van der Waals surface area contributed by atoms with Crippen LogP contribution in [0.5, 0.6) is 0 Å². The highest BCUT2D eigenvalue weighted by molar-refractivity contribution is 7.13. The van der Waals surface area contributed by atoms with Gasteiger partial charge in [-0.1, -0.05) is 27.7 Å². The molecule has 0 radical (unpaired) electrons. The van der Waals surface area contributed by atoms with Crippen molar-refractivity contribution in [3.63, 3.8) is 0 Å².